The van der Waals surface area contributed by atoms with E-state index in [1.807, 2.05) is 43.0 Å². The molecule has 0 radical (unpaired) electrons. The van der Waals surface area contributed by atoms with Crippen LogP contribution in [-0.2, 0) is 4.74 Å². The Morgan fingerprint density at radius 3 is 2.84 bits per heavy atom. The maximum Gasteiger partial charge on any atom is 0.338 e. The average Bonchev–Trinajstić information content (AvgIpc) is 2.96. The minimum Gasteiger partial charge on any atom is -0.462 e. The van der Waals surface area contributed by atoms with E-state index in [9.17, 15) is 4.79 Å². The Balaban J connectivity index is 1.81. The lowest BCUT2D eigenvalue weighted by Gasteiger charge is -2.11. The van der Waals surface area contributed by atoms with E-state index in [1.54, 1.807) is 0 Å². The molecule has 1 aliphatic rings. The molecule has 1 aromatic rings. The summed E-state index contributed by atoms with van der Waals surface area (Å²) in [5.74, 6) is 3.09. The van der Waals surface area contributed by atoms with Crippen molar-refractivity contribution in [2.45, 2.75) is 19.8 Å². The minimum absolute atomic E-state index is 0.236. The second-order valence-electron chi connectivity index (χ2n) is 4.82. The quantitative estimate of drug-likeness (QED) is 0.810. The van der Waals surface area contributed by atoms with Gasteiger partial charge < -0.3 is 10.1 Å². The van der Waals surface area contributed by atoms with Crippen molar-refractivity contribution in [2.75, 3.05) is 30.0 Å². The van der Waals surface area contributed by atoms with Crippen LogP contribution in [-0.4, -0.2) is 30.6 Å². The first-order valence-electron chi connectivity index (χ1n) is 6.88. The molecule has 1 saturated heterocycles. The van der Waals surface area contributed by atoms with Crippen LogP contribution in [0.15, 0.2) is 24.3 Å². The largest absolute Gasteiger partial charge is 0.462 e. The number of esters is 1. The van der Waals surface area contributed by atoms with E-state index in [0.717, 1.165) is 24.6 Å². The Morgan fingerprint density at radius 1 is 1.42 bits per heavy atom. The number of carbonyl (C=O) groups is 1. The summed E-state index contributed by atoms with van der Waals surface area (Å²) in [6, 6.07) is 7.54. The van der Waals surface area contributed by atoms with Gasteiger partial charge >= 0.3 is 5.97 Å². The Labute approximate surface area is 119 Å². The molecule has 1 atom stereocenters. The van der Waals surface area contributed by atoms with Gasteiger partial charge in [0.25, 0.3) is 0 Å². The van der Waals surface area contributed by atoms with Gasteiger partial charge in [0.15, 0.2) is 0 Å². The summed E-state index contributed by atoms with van der Waals surface area (Å²) < 4.78 is 5.10. The van der Waals surface area contributed by atoms with Gasteiger partial charge in [-0.15, -0.1) is 0 Å². The highest BCUT2D eigenvalue weighted by Gasteiger charge is 2.14. The lowest BCUT2D eigenvalue weighted by atomic mass is 10.1. The van der Waals surface area contributed by atoms with E-state index in [0.29, 0.717) is 12.2 Å². The first-order chi connectivity index (χ1) is 9.29. The van der Waals surface area contributed by atoms with Crippen molar-refractivity contribution in [3.8, 4) is 0 Å². The van der Waals surface area contributed by atoms with Gasteiger partial charge in [0.05, 0.1) is 12.2 Å². The summed E-state index contributed by atoms with van der Waals surface area (Å²) in [6.07, 6.45) is 2.16. The van der Waals surface area contributed by atoms with Gasteiger partial charge in [-0.05, 0) is 54.5 Å². The fraction of sp³-hybridized carbons (Fsp3) is 0.533. The lowest BCUT2D eigenvalue weighted by molar-refractivity contribution is 0.0505. The molecule has 104 valence electrons. The van der Waals surface area contributed by atoms with Gasteiger partial charge in [-0.25, -0.2) is 4.79 Å². The first-order valence-corrected chi connectivity index (χ1v) is 8.04. The lowest BCUT2D eigenvalue weighted by Crippen LogP contribution is -2.13. The van der Waals surface area contributed by atoms with Crippen molar-refractivity contribution in [3.63, 3.8) is 0 Å². The summed E-state index contributed by atoms with van der Waals surface area (Å²) >= 11 is 2.03. The average molecular weight is 279 g/mol. The molecule has 0 spiro atoms. The van der Waals surface area contributed by atoms with E-state index < -0.39 is 0 Å². The van der Waals surface area contributed by atoms with E-state index in [4.69, 9.17) is 4.74 Å². The number of carbonyl (C=O) groups excluding carboxylic acids is 1. The van der Waals surface area contributed by atoms with Crippen molar-refractivity contribution in [2.24, 2.45) is 5.92 Å². The van der Waals surface area contributed by atoms with Crippen LogP contribution in [0.25, 0.3) is 0 Å². The summed E-state index contributed by atoms with van der Waals surface area (Å²) in [7, 11) is 0. The Hall–Kier alpha value is -1.16. The fourth-order valence-electron chi connectivity index (χ4n) is 2.01. The molecule has 0 saturated carbocycles. The smallest absolute Gasteiger partial charge is 0.338 e. The second kappa shape index (κ2) is 7.43. The first kappa shape index (κ1) is 14.3. The molecule has 0 aromatic heterocycles. The molecule has 1 aromatic carbocycles. The Morgan fingerprint density at radius 2 is 2.21 bits per heavy atom. The molecule has 3 nitrogen and oxygen atoms in total. The zero-order valence-electron chi connectivity index (χ0n) is 11.4. The molecular weight excluding hydrogens is 258 g/mol. The van der Waals surface area contributed by atoms with Crippen LogP contribution in [0.2, 0.25) is 0 Å². The van der Waals surface area contributed by atoms with Gasteiger partial charge in [-0.2, -0.15) is 11.8 Å². The van der Waals surface area contributed by atoms with Gasteiger partial charge in [0.2, 0.25) is 0 Å². The molecular formula is C15H21NO2S. The molecule has 2 rings (SSSR count). The van der Waals surface area contributed by atoms with Crippen molar-refractivity contribution in [3.05, 3.63) is 29.8 Å². The number of anilines is 1. The standard InChI is InChI=1S/C15H21NO2S/c1-2-8-18-15(17)13-3-5-14(6-4-13)16-10-12-7-9-19-11-12/h3-6,12,16H,2,7-11H2,1H3. The molecule has 19 heavy (non-hydrogen) atoms. The van der Waals surface area contributed by atoms with Crippen LogP contribution >= 0.6 is 11.8 Å². The molecule has 1 heterocycles. The van der Waals surface area contributed by atoms with Crippen LogP contribution < -0.4 is 5.32 Å². The monoisotopic (exact) mass is 279 g/mol. The van der Waals surface area contributed by atoms with Crippen LogP contribution in [0.4, 0.5) is 5.69 Å². The van der Waals surface area contributed by atoms with Crippen molar-refractivity contribution in [1.29, 1.82) is 0 Å². The molecule has 0 bridgehead atoms. The van der Waals surface area contributed by atoms with Gasteiger partial charge in [-0.1, -0.05) is 6.92 Å². The maximum atomic E-state index is 11.6. The summed E-state index contributed by atoms with van der Waals surface area (Å²) in [4.78, 5) is 11.6. The molecule has 4 heteroatoms. The minimum atomic E-state index is -0.236. The van der Waals surface area contributed by atoms with Gasteiger partial charge in [-0.3, -0.25) is 0 Å². The van der Waals surface area contributed by atoms with Crippen LogP contribution in [0.5, 0.6) is 0 Å². The number of rotatable bonds is 6. The highest BCUT2D eigenvalue weighted by atomic mass is 32.2. The second-order valence-corrected chi connectivity index (χ2v) is 5.97. The molecule has 1 N–H and O–H groups in total. The number of ether oxygens (including phenoxy) is 1. The third kappa shape index (κ3) is 4.46. The molecule has 1 aliphatic heterocycles. The topological polar surface area (TPSA) is 38.3 Å². The summed E-state index contributed by atoms with van der Waals surface area (Å²) in [6.45, 7) is 3.49. The van der Waals surface area contributed by atoms with Crippen LogP contribution in [0.1, 0.15) is 30.1 Å². The molecule has 1 fully saturated rings. The number of hydrogen-bond acceptors (Lipinski definition) is 4. The number of thioether (sulfide) groups is 1. The van der Waals surface area contributed by atoms with E-state index in [-0.39, 0.29) is 5.97 Å². The highest BCUT2D eigenvalue weighted by molar-refractivity contribution is 7.99. The zero-order valence-corrected chi connectivity index (χ0v) is 12.2. The van der Waals surface area contributed by atoms with Crippen molar-refractivity contribution in [1.82, 2.24) is 0 Å². The normalized spacial score (nSPS) is 18.3. The molecule has 0 amide bonds. The van der Waals surface area contributed by atoms with E-state index >= 15 is 0 Å². The molecule has 0 aliphatic carbocycles. The Bertz CT molecular complexity index is 399. The highest BCUT2D eigenvalue weighted by Crippen LogP contribution is 2.23. The van der Waals surface area contributed by atoms with Crippen molar-refractivity contribution >= 4 is 23.4 Å². The predicted octanol–water partition coefficient (Wildman–Crippen LogP) is 3.42. The van der Waals surface area contributed by atoms with E-state index in [1.165, 1.54) is 17.9 Å². The summed E-state index contributed by atoms with van der Waals surface area (Å²) in [5, 5.41) is 3.43. The zero-order chi connectivity index (χ0) is 13.5. The predicted molar refractivity (Wildman–Crippen MR) is 80.9 cm³/mol. The Kier molecular flexibility index (Phi) is 5.58. The third-order valence-corrected chi connectivity index (χ3v) is 4.41. The third-order valence-electron chi connectivity index (χ3n) is 3.18. The number of nitrogens with one attached hydrogen (secondary N) is 1. The number of hydrogen-bond donors (Lipinski definition) is 1. The van der Waals surface area contributed by atoms with Gasteiger partial charge in [0, 0.05) is 12.2 Å². The van der Waals surface area contributed by atoms with Crippen molar-refractivity contribution < 1.29 is 9.53 Å². The van der Waals surface area contributed by atoms with E-state index in [2.05, 4.69) is 5.32 Å². The SMILES string of the molecule is CCCOC(=O)c1ccc(NCC2CCSC2)cc1. The molecule has 1 unspecified atom stereocenters. The maximum absolute atomic E-state index is 11.6. The van der Waals surface area contributed by atoms with Gasteiger partial charge in [0.1, 0.15) is 0 Å². The fourth-order valence-corrected chi connectivity index (χ4v) is 3.29. The number of benzene rings is 1. The van der Waals surface area contributed by atoms with Crippen LogP contribution in [0.3, 0.4) is 0 Å². The summed E-state index contributed by atoms with van der Waals surface area (Å²) in [5.41, 5.74) is 1.69. The van der Waals surface area contributed by atoms with Crippen LogP contribution in [0, 0.1) is 5.92 Å².